The second-order valence-electron chi connectivity index (χ2n) is 3.26. The minimum atomic E-state index is -4.45. The number of nitrogens with two attached hydrogens (primary N) is 1. The van der Waals surface area contributed by atoms with Gasteiger partial charge in [-0.2, -0.15) is 13.2 Å². The quantitative estimate of drug-likeness (QED) is 0.542. The zero-order valence-electron chi connectivity index (χ0n) is 7.75. The van der Waals surface area contributed by atoms with Crippen molar-refractivity contribution in [3.63, 3.8) is 0 Å². The molecule has 86 valence electrons. The molecule has 3 N–H and O–H groups in total. The Morgan fingerprint density at radius 3 is 2.67 bits per heavy atom. The van der Waals surface area contributed by atoms with Crippen LogP contribution in [0.3, 0.4) is 0 Å². The van der Waals surface area contributed by atoms with E-state index < -0.39 is 24.6 Å². The monoisotopic (exact) mass is 224 g/mol. The van der Waals surface area contributed by atoms with E-state index in [1.807, 2.05) is 0 Å². The number of hydrogen-bond donors (Lipinski definition) is 2. The maximum Gasteiger partial charge on any atom is 0.414 e. The van der Waals surface area contributed by atoms with Gasteiger partial charge in [-0.3, -0.25) is 9.63 Å². The van der Waals surface area contributed by atoms with Crippen LogP contribution < -0.4 is 11.2 Å². The molecule has 4 nitrogen and oxygen atoms in total. The van der Waals surface area contributed by atoms with Crippen molar-refractivity contribution in [1.29, 1.82) is 0 Å². The lowest BCUT2D eigenvalue weighted by molar-refractivity contribution is -0.192. The van der Waals surface area contributed by atoms with Crippen LogP contribution in [0, 0.1) is 5.92 Å². The van der Waals surface area contributed by atoms with Crippen LogP contribution in [-0.2, 0) is 9.63 Å². The average molecular weight is 224 g/mol. The first kappa shape index (κ1) is 12.0. The molecule has 0 spiro atoms. The molecule has 1 aliphatic carbocycles. The summed E-state index contributed by atoms with van der Waals surface area (Å²) in [7, 11) is 0. The lowest BCUT2D eigenvalue weighted by Gasteiger charge is -2.11. The van der Waals surface area contributed by atoms with Crippen molar-refractivity contribution in [2.45, 2.75) is 18.6 Å². The SMILES string of the molecule is NC1C=CC(C(=O)NOCC(F)(F)F)C1. The summed E-state index contributed by atoms with van der Waals surface area (Å²) in [5.74, 6) is -1.11. The van der Waals surface area contributed by atoms with Gasteiger partial charge in [0.1, 0.15) is 0 Å². The lowest BCUT2D eigenvalue weighted by Crippen LogP contribution is -2.33. The summed E-state index contributed by atoms with van der Waals surface area (Å²) < 4.78 is 34.9. The van der Waals surface area contributed by atoms with E-state index in [0.717, 1.165) is 0 Å². The minimum absolute atomic E-state index is 0.219. The second-order valence-corrected chi connectivity index (χ2v) is 3.26. The van der Waals surface area contributed by atoms with E-state index in [9.17, 15) is 18.0 Å². The van der Waals surface area contributed by atoms with Crippen LogP contribution in [0.2, 0.25) is 0 Å². The molecule has 1 aliphatic rings. The number of rotatable bonds is 3. The zero-order valence-corrected chi connectivity index (χ0v) is 7.75. The first-order chi connectivity index (χ1) is 6.88. The number of carbonyl (C=O) groups excluding carboxylic acids is 1. The summed E-state index contributed by atoms with van der Waals surface area (Å²) in [5.41, 5.74) is 7.21. The van der Waals surface area contributed by atoms with E-state index in [1.54, 1.807) is 17.6 Å². The molecule has 2 unspecified atom stereocenters. The third-order valence-electron chi connectivity index (χ3n) is 1.86. The van der Waals surface area contributed by atoms with Crippen molar-refractivity contribution in [2.75, 3.05) is 6.61 Å². The molecule has 1 amide bonds. The van der Waals surface area contributed by atoms with Crippen LogP contribution in [-0.4, -0.2) is 24.7 Å². The molecule has 2 atom stereocenters. The zero-order chi connectivity index (χ0) is 11.5. The number of halogens is 3. The van der Waals surface area contributed by atoms with E-state index >= 15 is 0 Å². The molecule has 0 aromatic carbocycles. The van der Waals surface area contributed by atoms with Gasteiger partial charge < -0.3 is 5.73 Å². The highest BCUT2D eigenvalue weighted by Crippen LogP contribution is 2.17. The Morgan fingerprint density at radius 2 is 2.20 bits per heavy atom. The van der Waals surface area contributed by atoms with Gasteiger partial charge in [0.15, 0.2) is 6.61 Å². The van der Waals surface area contributed by atoms with E-state index in [4.69, 9.17) is 5.73 Å². The highest BCUT2D eigenvalue weighted by atomic mass is 19.4. The lowest BCUT2D eigenvalue weighted by atomic mass is 10.1. The maximum absolute atomic E-state index is 11.6. The van der Waals surface area contributed by atoms with Crippen molar-refractivity contribution >= 4 is 5.91 Å². The van der Waals surface area contributed by atoms with Gasteiger partial charge in [-0.05, 0) is 6.42 Å². The Bertz CT molecular complexity index is 265. The third kappa shape index (κ3) is 4.30. The van der Waals surface area contributed by atoms with Crippen LogP contribution >= 0.6 is 0 Å². The first-order valence-electron chi connectivity index (χ1n) is 4.31. The van der Waals surface area contributed by atoms with Gasteiger partial charge in [-0.15, -0.1) is 0 Å². The molecule has 1 rings (SSSR count). The van der Waals surface area contributed by atoms with Crippen molar-refractivity contribution in [3.05, 3.63) is 12.2 Å². The molecule has 0 bridgehead atoms. The molecule has 0 saturated heterocycles. The largest absolute Gasteiger partial charge is 0.414 e. The van der Waals surface area contributed by atoms with Gasteiger partial charge >= 0.3 is 6.18 Å². The number of nitrogens with one attached hydrogen (secondary N) is 1. The fraction of sp³-hybridized carbons (Fsp3) is 0.625. The number of hydrogen-bond acceptors (Lipinski definition) is 3. The van der Waals surface area contributed by atoms with Crippen LogP contribution in [0.15, 0.2) is 12.2 Å². The van der Waals surface area contributed by atoms with E-state index in [2.05, 4.69) is 4.84 Å². The van der Waals surface area contributed by atoms with Crippen LogP contribution in [0.25, 0.3) is 0 Å². The molecule has 0 radical (unpaired) electrons. The predicted molar refractivity (Wildman–Crippen MR) is 45.4 cm³/mol. The normalized spacial score (nSPS) is 25.6. The Labute approximate surface area is 84.2 Å². The summed E-state index contributed by atoms with van der Waals surface area (Å²) in [6.07, 6.45) is -0.874. The number of alkyl halides is 3. The highest BCUT2D eigenvalue weighted by molar-refractivity contribution is 5.80. The Hall–Kier alpha value is -1.08. The van der Waals surface area contributed by atoms with Crippen molar-refractivity contribution in [3.8, 4) is 0 Å². The van der Waals surface area contributed by atoms with Crippen molar-refractivity contribution in [2.24, 2.45) is 11.7 Å². The van der Waals surface area contributed by atoms with E-state index in [1.165, 1.54) is 0 Å². The van der Waals surface area contributed by atoms with Gasteiger partial charge in [0.25, 0.3) is 5.91 Å². The van der Waals surface area contributed by atoms with Crippen LogP contribution in [0.5, 0.6) is 0 Å². The molecule has 0 fully saturated rings. The maximum atomic E-state index is 11.6. The van der Waals surface area contributed by atoms with Gasteiger partial charge in [0.2, 0.25) is 0 Å². The predicted octanol–water partition coefficient (Wildman–Crippen LogP) is 0.500. The smallest absolute Gasteiger partial charge is 0.324 e. The topological polar surface area (TPSA) is 64.4 Å². The summed E-state index contributed by atoms with van der Waals surface area (Å²) in [6, 6.07) is -0.219. The fourth-order valence-corrected chi connectivity index (χ4v) is 1.19. The minimum Gasteiger partial charge on any atom is -0.324 e. The molecular formula is C8H11F3N2O2. The molecule has 0 aliphatic heterocycles. The van der Waals surface area contributed by atoms with Gasteiger partial charge in [-0.25, -0.2) is 5.48 Å². The summed E-state index contributed by atoms with van der Waals surface area (Å²) in [4.78, 5) is 15.2. The fourth-order valence-electron chi connectivity index (χ4n) is 1.19. The van der Waals surface area contributed by atoms with Crippen LogP contribution in [0.1, 0.15) is 6.42 Å². The van der Waals surface area contributed by atoms with E-state index in [0.29, 0.717) is 6.42 Å². The van der Waals surface area contributed by atoms with Gasteiger partial charge in [-0.1, -0.05) is 12.2 Å². The molecule has 0 aromatic heterocycles. The summed E-state index contributed by atoms with van der Waals surface area (Å²) >= 11 is 0. The number of carbonyl (C=O) groups is 1. The number of hydroxylamine groups is 1. The second kappa shape index (κ2) is 4.63. The summed E-state index contributed by atoms with van der Waals surface area (Å²) in [5, 5.41) is 0. The van der Waals surface area contributed by atoms with Crippen LogP contribution in [0.4, 0.5) is 13.2 Å². The first-order valence-corrected chi connectivity index (χ1v) is 4.31. The summed E-state index contributed by atoms with van der Waals surface area (Å²) in [6.45, 7) is -1.50. The molecule has 0 saturated carbocycles. The molecule has 7 heteroatoms. The van der Waals surface area contributed by atoms with Crippen molar-refractivity contribution < 1.29 is 22.8 Å². The highest BCUT2D eigenvalue weighted by Gasteiger charge is 2.29. The standard InChI is InChI=1S/C8H11F3N2O2/c9-8(10,11)4-15-13-7(14)5-1-2-6(12)3-5/h1-2,5-6H,3-4,12H2,(H,13,14). The van der Waals surface area contributed by atoms with Crippen molar-refractivity contribution in [1.82, 2.24) is 5.48 Å². The van der Waals surface area contributed by atoms with E-state index in [-0.39, 0.29) is 6.04 Å². The molecule has 15 heavy (non-hydrogen) atoms. The molecular weight excluding hydrogens is 213 g/mol. The average Bonchev–Trinajstić information content (AvgIpc) is 2.49. The molecule has 0 aromatic rings. The third-order valence-corrected chi connectivity index (χ3v) is 1.86. The molecule has 0 heterocycles. The van der Waals surface area contributed by atoms with Gasteiger partial charge in [0.05, 0.1) is 5.92 Å². The number of amides is 1. The van der Waals surface area contributed by atoms with Gasteiger partial charge in [0, 0.05) is 6.04 Å². The Balaban J connectivity index is 2.23. The Morgan fingerprint density at radius 1 is 1.53 bits per heavy atom. The Kier molecular flexibility index (Phi) is 3.70.